The van der Waals surface area contributed by atoms with E-state index in [4.69, 9.17) is 9.47 Å². The summed E-state index contributed by atoms with van der Waals surface area (Å²) in [7, 11) is 2.91. The molecule has 0 N–H and O–H groups in total. The molecule has 0 spiro atoms. The van der Waals surface area contributed by atoms with Gasteiger partial charge in [-0.15, -0.1) is 0 Å². The number of rotatable bonds is 7. The molecule has 10 heteroatoms. The van der Waals surface area contributed by atoms with Gasteiger partial charge in [-0.25, -0.2) is 4.79 Å². The van der Waals surface area contributed by atoms with Crippen molar-refractivity contribution in [2.24, 2.45) is 7.05 Å². The number of aryl methyl sites for hydroxylation is 1. The van der Waals surface area contributed by atoms with Crippen molar-refractivity contribution in [1.29, 1.82) is 0 Å². The molecule has 1 aromatic heterocycles. The Kier molecular flexibility index (Phi) is 5.34. The number of ether oxygens (including phenoxy) is 3. The van der Waals surface area contributed by atoms with E-state index in [1.807, 2.05) is 0 Å². The average molecular weight is 378 g/mol. The van der Waals surface area contributed by atoms with Crippen molar-refractivity contribution >= 4 is 0 Å². The molecule has 1 heterocycles. The Morgan fingerprint density at radius 1 is 1.04 bits per heavy atom. The van der Waals surface area contributed by atoms with Crippen LogP contribution in [0.1, 0.15) is 5.56 Å². The number of methoxy groups -OCH3 is 1. The van der Waals surface area contributed by atoms with Crippen LogP contribution >= 0.6 is 0 Å². The summed E-state index contributed by atoms with van der Waals surface area (Å²) >= 11 is 0. The van der Waals surface area contributed by atoms with E-state index in [-0.39, 0.29) is 23.6 Å². The molecule has 0 aliphatic carbocycles. The zero-order chi connectivity index (χ0) is 19.4. The summed E-state index contributed by atoms with van der Waals surface area (Å²) in [5.74, 6) is 0.752. The molecule has 0 atom stereocenters. The third-order valence-corrected chi connectivity index (χ3v) is 3.72. The second-order valence-corrected chi connectivity index (χ2v) is 5.37. The van der Waals surface area contributed by atoms with E-state index < -0.39 is 12.3 Å². The van der Waals surface area contributed by atoms with E-state index in [2.05, 4.69) is 15.2 Å². The molecule has 2 aromatic carbocycles. The molecule has 8 nitrogen and oxygen atoms in total. The van der Waals surface area contributed by atoms with Crippen LogP contribution in [0.15, 0.2) is 47.3 Å². The molecule has 0 radical (unpaired) electrons. The fourth-order valence-corrected chi connectivity index (χ4v) is 2.46. The van der Waals surface area contributed by atoms with E-state index in [0.29, 0.717) is 11.5 Å². The van der Waals surface area contributed by atoms with Gasteiger partial charge in [-0.1, -0.05) is 18.2 Å². The number of hydrogen-bond donors (Lipinski definition) is 0. The third kappa shape index (κ3) is 3.89. The lowest BCUT2D eigenvalue weighted by Crippen LogP contribution is -2.23. The molecule has 0 saturated heterocycles. The maximum Gasteiger partial charge on any atom is 0.387 e. The molecular formula is C17H16F2N4O4. The smallest absolute Gasteiger partial charge is 0.387 e. The Labute approximate surface area is 152 Å². The number of halogens is 2. The Bertz CT molecular complexity index is 987. The first-order valence-corrected chi connectivity index (χ1v) is 7.83. The molecule has 0 aliphatic rings. The van der Waals surface area contributed by atoms with Crippen LogP contribution in [0.4, 0.5) is 8.78 Å². The maximum atomic E-state index is 12.8. The number of aromatic nitrogens is 4. The molecule has 0 unspecified atom stereocenters. The Morgan fingerprint density at radius 2 is 1.74 bits per heavy atom. The quantitative estimate of drug-likeness (QED) is 0.627. The number of para-hydroxylation sites is 2. The van der Waals surface area contributed by atoms with Crippen LogP contribution < -0.4 is 19.9 Å². The Hall–Kier alpha value is -3.43. The lowest BCUT2D eigenvalue weighted by molar-refractivity contribution is -0.0508. The normalized spacial score (nSPS) is 10.9. The molecule has 27 heavy (non-hydrogen) atoms. The lowest BCUT2D eigenvalue weighted by Gasteiger charge is -2.16. The highest BCUT2D eigenvalue weighted by Crippen LogP contribution is 2.31. The molecule has 0 amide bonds. The van der Waals surface area contributed by atoms with Crippen LogP contribution in [0.25, 0.3) is 5.69 Å². The average Bonchev–Trinajstić information content (AvgIpc) is 2.99. The van der Waals surface area contributed by atoms with Gasteiger partial charge in [0.25, 0.3) is 0 Å². The van der Waals surface area contributed by atoms with Crippen LogP contribution in [-0.2, 0) is 13.7 Å². The lowest BCUT2D eigenvalue weighted by atomic mass is 10.1. The molecule has 142 valence electrons. The zero-order valence-corrected chi connectivity index (χ0v) is 14.5. The number of hydrogen-bond acceptors (Lipinski definition) is 6. The molecule has 3 rings (SSSR count). The van der Waals surface area contributed by atoms with Gasteiger partial charge < -0.3 is 14.2 Å². The van der Waals surface area contributed by atoms with E-state index in [0.717, 1.165) is 9.36 Å². The minimum Gasteiger partial charge on any atom is -0.493 e. The SMILES string of the molecule is COc1ccccc1OCc1c(OC(F)F)cccc1-n1nnn(C)c1=O. The predicted molar refractivity (Wildman–Crippen MR) is 90.6 cm³/mol. The van der Waals surface area contributed by atoms with Gasteiger partial charge >= 0.3 is 12.3 Å². The Balaban J connectivity index is 2.02. The summed E-state index contributed by atoms with van der Waals surface area (Å²) < 4.78 is 43.2. The summed E-state index contributed by atoms with van der Waals surface area (Å²) in [5, 5.41) is 7.39. The van der Waals surface area contributed by atoms with Crippen molar-refractivity contribution < 1.29 is 23.0 Å². The monoisotopic (exact) mass is 378 g/mol. The third-order valence-electron chi connectivity index (χ3n) is 3.72. The van der Waals surface area contributed by atoms with Crippen molar-refractivity contribution in [3.05, 3.63) is 58.5 Å². The topological polar surface area (TPSA) is 80.4 Å². The van der Waals surface area contributed by atoms with Gasteiger partial charge in [0.15, 0.2) is 11.5 Å². The van der Waals surface area contributed by atoms with E-state index in [9.17, 15) is 13.6 Å². The number of benzene rings is 2. The fraction of sp³-hybridized carbons (Fsp3) is 0.235. The van der Waals surface area contributed by atoms with Crippen molar-refractivity contribution in [2.45, 2.75) is 13.2 Å². The summed E-state index contributed by atoms with van der Waals surface area (Å²) in [6.45, 7) is -3.20. The van der Waals surface area contributed by atoms with Gasteiger partial charge in [0.1, 0.15) is 12.4 Å². The van der Waals surface area contributed by atoms with Crippen LogP contribution in [0.3, 0.4) is 0 Å². The van der Waals surface area contributed by atoms with Gasteiger partial charge in [-0.3, -0.25) is 0 Å². The Morgan fingerprint density at radius 3 is 2.37 bits per heavy atom. The highest BCUT2D eigenvalue weighted by Gasteiger charge is 2.19. The van der Waals surface area contributed by atoms with Crippen molar-refractivity contribution in [2.75, 3.05) is 7.11 Å². The number of alkyl halides is 2. The largest absolute Gasteiger partial charge is 0.493 e. The van der Waals surface area contributed by atoms with E-state index in [1.54, 1.807) is 24.3 Å². The second kappa shape index (κ2) is 7.85. The zero-order valence-electron chi connectivity index (χ0n) is 14.5. The van der Waals surface area contributed by atoms with Crippen molar-refractivity contribution in [3.8, 4) is 22.9 Å². The summed E-state index contributed by atoms with van der Waals surface area (Å²) in [6.07, 6.45) is 0. The molecule has 0 bridgehead atoms. The summed E-state index contributed by atoms with van der Waals surface area (Å²) in [4.78, 5) is 12.2. The first-order valence-electron chi connectivity index (χ1n) is 7.83. The van der Waals surface area contributed by atoms with Gasteiger partial charge in [-0.05, 0) is 34.7 Å². The van der Waals surface area contributed by atoms with Crippen LogP contribution in [-0.4, -0.2) is 33.5 Å². The standard InChI is InChI=1S/C17H16F2N4O4/c1-22-17(24)23(21-20-22)12-6-5-9-13(27-16(18)19)11(12)10-26-15-8-4-3-7-14(15)25-2/h3-9,16H,10H2,1-2H3. The number of tetrazole rings is 1. The minimum absolute atomic E-state index is 0.130. The first kappa shape index (κ1) is 18.4. The predicted octanol–water partition coefficient (Wildman–Crippen LogP) is 2.15. The van der Waals surface area contributed by atoms with Crippen LogP contribution in [0, 0.1) is 0 Å². The highest BCUT2D eigenvalue weighted by atomic mass is 19.3. The van der Waals surface area contributed by atoms with E-state index >= 15 is 0 Å². The molecule has 0 saturated carbocycles. The van der Waals surface area contributed by atoms with Crippen molar-refractivity contribution in [3.63, 3.8) is 0 Å². The number of nitrogens with zero attached hydrogens (tertiary/aromatic N) is 4. The maximum absolute atomic E-state index is 12.8. The first-order chi connectivity index (χ1) is 13.0. The molecule has 0 fully saturated rings. The second-order valence-electron chi connectivity index (χ2n) is 5.37. The van der Waals surface area contributed by atoms with E-state index in [1.165, 1.54) is 32.4 Å². The van der Waals surface area contributed by atoms with Gasteiger partial charge in [0, 0.05) is 7.05 Å². The van der Waals surface area contributed by atoms with Crippen molar-refractivity contribution in [1.82, 2.24) is 19.8 Å². The fourth-order valence-electron chi connectivity index (χ4n) is 2.46. The van der Waals surface area contributed by atoms with Gasteiger partial charge in [-0.2, -0.15) is 18.1 Å². The molecule has 3 aromatic rings. The molecular weight excluding hydrogens is 362 g/mol. The summed E-state index contributed by atoms with van der Waals surface area (Å²) in [6, 6.07) is 11.3. The minimum atomic E-state index is -3.04. The molecule has 0 aliphatic heterocycles. The van der Waals surface area contributed by atoms with Crippen LogP contribution in [0.5, 0.6) is 17.2 Å². The summed E-state index contributed by atoms with van der Waals surface area (Å²) in [5.41, 5.74) is -0.102. The van der Waals surface area contributed by atoms with Crippen LogP contribution in [0.2, 0.25) is 0 Å². The highest BCUT2D eigenvalue weighted by molar-refractivity contribution is 5.49. The van der Waals surface area contributed by atoms with Gasteiger partial charge in [0.05, 0.1) is 18.4 Å². The van der Waals surface area contributed by atoms with Gasteiger partial charge in [0.2, 0.25) is 0 Å².